The van der Waals surface area contributed by atoms with Crippen molar-refractivity contribution in [3.63, 3.8) is 0 Å². The number of esters is 1. The lowest BCUT2D eigenvalue weighted by Crippen LogP contribution is -2.27. The lowest BCUT2D eigenvalue weighted by molar-refractivity contribution is -0.147. The van der Waals surface area contributed by atoms with E-state index in [4.69, 9.17) is 13.8 Å². The van der Waals surface area contributed by atoms with Crippen molar-refractivity contribution in [3.05, 3.63) is 85.1 Å². The van der Waals surface area contributed by atoms with Gasteiger partial charge in [0, 0.05) is 19.4 Å². The first kappa shape index (κ1) is 60.2. The number of hydrogen-bond acceptors (Lipinski definition) is 7. The van der Waals surface area contributed by atoms with Crippen molar-refractivity contribution in [1.29, 1.82) is 0 Å². The van der Waals surface area contributed by atoms with Crippen molar-refractivity contribution in [1.82, 2.24) is 5.32 Å². The van der Waals surface area contributed by atoms with Gasteiger partial charge in [-0.2, -0.15) is 0 Å². The Kier molecular flexibility index (Phi) is 46.5. The van der Waals surface area contributed by atoms with E-state index in [0.29, 0.717) is 12.8 Å². The fourth-order valence-corrected chi connectivity index (χ4v) is 7.36. The number of amides is 1. The van der Waals surface area contributed by atoms with Crippen molar-refractivity contribution in [3.8, 4) is 0 Å². The van der Waals surface area contributed by atoms with Crippen LogP contribution in [0.3, 0.4) is 0 Å². The summed E-state index contributed by atoms with van der Waals surface area (Å²) in [7, 11) is -4.44. The Balaban J connectivity index is 3.67. The van der Waals surface area contributed by atoms with Gasteiger partial charge in [-0.05, 0) is 64.2 Å². The van der Waals surface area contributed by atoms with Gasteiger partial charge in [0.1, 0.15) is 12.7 Å². The molecule has 0 aromatic carbocycles. The van der Waals surface area contributed by atoms with Crippen LogP contribution < -0.4 is 5.32 Å². The van der Waals surface area contributed by atoms with Crippen molar-refractivity contribution < 1.29 is 37.9 Å². The number of phosphoric acid groups is 1. The van der Waals surface area contributed by atoms with Crippen LogP contribution in [0.5, 0.6) is 0 Å². The van der Waals surface area contributed by atoms with Crippen molar-refractivity contribution >= 4 is 19.7 Å². The Morgan fingerprint density at radius 2 is 0.905 bits per heavy atom. The van der Waals surface area contributed by atoms with Crippen LogP contribution in [0.1, 0.15) is 206 Å². The third-order valence-corrected chi connectivity index (χ3v) is 11.3. The molecule has 0 spiro atoms. The molecule has 362 valence electrons. The molecule has 0 aromatic heterocycles. The number of aliphatic hydroxyl groups is 1. The van der Waals surface area contributed by atoms with Crippen LogP contribution in [0.2, 0.25) is 0 Å². The molecule has 3 N–H and O–H groups in total. The molecule has 0 aromatic rings. The predicted octanol–water partition coefficient (Wildman–Crippen LogP) is 14.8. The first-order valence-electron chi connectivity index (χ1n) is 25.1. The van der Waals surface area contributed by atoms with E-state index in [9.17, 15) is 24.2 Å². The summed E-state index contributed by atoms with van der Waals surface area (Å²) in [5.41, 5.74) is 0. The summed E-state index contributed by atoms with van der Waals surface area (Å²) in [5.74, 6) is -0.577. The van der Waals surface area contributed by atoms with Gasteiger partial charge >= 0.3 is 13.8 Å². The van der Waals surface area contributed by atoms with E-state index in [-0.39, 0.29) is 32.1 Å². The molecule has 63 heavy (non-hydrogen) atoms. The molecule has 0 fully saturated rings. The lowest BCUT2D eigenvalue weighted by Gasteiger charge is -2.15. The molecule has 2 atom stereocenters. The normalized spacial score (nSPS) is 13.9. The Bertz CT molecular complexity index is 1300. The molecule has 0 bridgehead atoms. The number of carbonyl (C=O) groups excluding carboxylic acids is 2. The summed E-state index contributed by atoms with van der Waals surface area (Å²) in [6, 6.07) is 0. The minimum atomic E-state index is -4.44. The zero-order valence-corrected chi connectivity index (χ0v) is 40.9. The molecule has 0 saturated carbocycles. The van der Waals surface area contributed by atoms with Crippen LogP contribution in [-0.2, 0) is 27.9 Å². The average Bonchev–Trinajstić information content (AvgIpc) is 3.27. The highest BCUT2D eigenvalue weighted by Crippen LogP contribution is 2.42. The van der Waals surface area contributed by atoms with E-state index in [2.05, 4.69) is 104 Å². The summed E-state index contributed by atoms with van der Waals surface area (Å²) in [6.45, 7) is 3.38. The van der Waals surface area contributed by atoms with Gasteiger partial charge in [0.2, 0.25) is 5.91 Å². The van der Waals surface area contributed by atoms with Gasteiger partial charge in [0.05, 0.1) is 13.2 Å². The molecule has 10 heteroatoms. The Morgan fingerprint density at radius 1 is 0.508 bits per heavy atom. The smallest absolute Gasteiger partial charge is 0.463 e. The molecule has 9 nitrogen and oxygen atoms in total. The fourth-order valence-electron chi connectivity index (χ4n) is 6.61. The number of allylic oxidation sites excluding steroid dienone is 14. The van der Waals surface area contributed by atoms with Crippen molar-refractivity contribution in [2.75, 3.05) is 26.4 Å². The Morgan fingerprint density at radius 3 is 1.33 bits per heavy atom. The third-order valence-electron chi connectivity index (χ3n) is 10.3. The second kappa shape index (κ2) is 48.6. The molecular formula is C53H92NO8P. The van der Waals surface area contributed by atoms with E-state index in [0.717, 1.165) is 70.6 Å². The molecule has 0 heterocycles. The standard InChI is InChI=1S/C53H92NO8P/c1-3-5-7-9-11-13-15-17-19-21-23-24-25-26-28-29-31-33-35-37-39-41-43-45-52(56)54-47-48-61-63(58,59)62-50-51(55)49-60-53(57)46-44-42-40-38-36-34-32-30-27-22-20-18-16-14-12-10-8-6-4-2/h5,7,11,13,17,19,23-24,26,28,31,33,37,39,51,55H,3-4,6,8-10,12,14-16,18,20-22,25,27,29-30,32,34-36,38,40-50H2,1-2H3,(H,54,56)(H,58,59)/b7-5-,13-11-,19-17-,24-23-,28-26-,33-31-,39-37-. The second-order valence-corrected chi connectivity index (χ2v) is 17.9. The van der Waals surface area contributed by atoms with Gasteiger partial charge in [-0.1, -0.05) is 214 Å². The first-order valence-corrected chi connectivity index (χ1v) is 26.6. The number of unbranched alkanes of at least 4 members (excludes halogenated alkanes) is 19. The molecule has 0 saturated heterocycles. The van der Waals surface area contributed by atoms with Crippen LogP contribution in [0.4, 0.5) is 0 Å². The molecule has 0 aliphatic rings. The van der Waals surface area contributed by atoms with E-state index in [1.807, 2.05) is 0 Å². The summed E-state index contributed by atoms with van der Waals surface area (Å²) < 4.78 is 26.9. The van der Waals surface area contributed by atoms with Gasteiger partial charge in [0.15, 0.2) is 0 Å². The number of hydrogen-bond donors (Lipinski definition) is 3. The highest BCUT2D eigenvalue weighted by Gasteiger charge is 2.23. The number of phosphoric ester groups is 1. The quantitative estimate of drug-likeness (QED) is 0.0238. The Hall–Kier alpha value is -2.81. The Labute approximate surface area is 385 Å². The number of rotatable bonds is 46. The predicted molar refractivity (Wildman–Crippen MR) is 266 cm³/mol. The molecule has 1 amide bonds. The van der Waals surface area contributed by atoms with Crippen LogP contribution >= 0.6 is 7.82 Å². The van der Waals surface area contributed by atoms with Crippen LogP contribution in [0.15, 0.2) is 85.1 Å². The van der Waals surface area contributed by atoms with Gasteiger partial charge < -0.3 is 20.1 Å². The number of aliphatic hydroxyl groups excluding tert-OH is 1. The highest BCUT2D eigenvalue weighted by atomic mass is 31.2. The number of carbonyl (C=O) groups is 2. The van der Waals surface area contributed by atoms with E-state index in [1.54, 1.807) is 0 Å². The maximum absolute atomic E-state index is 12.1. The summed E-state index contributed by atoms with van der Waals surface area (Å²) in [4.78, 5) is 34.0. The second-order valence-electron chi connectivity index (χ2n) is 16.4. The maximum Gasteiger partial charge on any atom is 0.472 e. The van der Waals surface area contributed by atoms with Gasteiger partial charge in [-0.3, -0.25) is 18.6 Å². The highest BCUT2D eigenvalue weighted by molar-refractivity contribution is 7.47. The molecule has 0 radical (unpaired) electrons. The fraction of sp³-hybridized carbons (Fsp3) is 0.698. The minimum absolute atomic E-state index is 0.0465. The maximum atomic E-state index is 12.1. The first-order chi connectivity index (χ1) is 30.8. The zero-order valence-electron chi connectivity index (χ0n) is 40.0. The van der Waals surface area contributed by atoms with Gasteiger partial charge in [0.25, 0.3) is 0 Å². The molecule has 2 unspecified atom stereocenters. The van der Waals surface area contributed by atoms with Gasteiger partial charge in [-0.15, -0.1) is 0 Å². The van der Waals surface area contributed by atoms with Crippen LogP contribution in [0, 0.1) is 0 Å². The minimum Gasteiger partial charge on any atom is -0.463 e. The lowest BCUT2D eigenvalue weighted by atomic mass is 10.0. The molecule has 0 rings (SSSR count). The molecular weight excluding hydrogens is 810 g/mol. The van der Waals surface area contributed by atoms with E-state index >= 15 is 0 Å². The molecule has 0 aliphatic carbocycles. The van der Waals surface area contributed by atoms with Crippen molar-refractivity contribution in [2.45, 2.75) is 213 Å². The topological polar surface area (TPSA) is 131 Å². The van der Waals surface area contributed by atoms with E-state index in [1.165, 1.54) is 103 Å². The molecule has 0 aliphatic heterocycles. The van der Waals surface area contributed by atoms with Crippen LogP contribution in [0.25, 0.3) is 0 Å². The largest absolute Gasteiger partial charge is 0.472 e. The summed E-state index contributed by atoms with van der Waals surface area (Å²) in [5, 5.41) is 12.7. The van der Waals surface area contributed by atoms with Gasteiger partial charge in [-0.25, -0.2) is 4.57 Å². The average molecular weight is 902 g/mol. The monoisotopic (exact) mass is 902 g/mol. The van der Waals surface area contributed by atoms with Crippen molar-refractivity contribution in [2.24, 2.45) is 0 Å². The van der Waals surface area contributed by atoms with E-state index < -0.39 is 26.5 Å². The number of ether oxygens (including phenoxy) is 1. The zero-order chi connectivity index (χ0) is 46.0. The van der Waals surface area contributed by atoms with Crippen LogP contribution in [-0.4, -0.2) is 54.3 Å². The number of nitrogens with one attached hydrogen (secondary N) is 1. The summed E-state index contributed by atoms with van der Waals surface area (Å²) >= 11 is 0. The third kappa shape index (κ3) is 50.1. The SMILES string of the molecule is CC/C=C\C/C=C\C/C=C\C/C=C\C/C=C\C/C=C\C/C=C\CCCC(=O)NCCOP(=O)(O)OCC(O)COC(=O)CCCCCCCCCCCCCCCCCCCCC. The summed E-state index contributed by atoms with van der Waals surface area (Å²) in [6.07, 6.45) is 62.4.